The Labute approximate surface area is 105 Å². The molecule has 0 saturated carbocycles. The molecule has 0 bridgehead atoms. The van der Waals surface area contributed by atoms with Crippen LogP contribution in [0.25, 0.3) is 10.1 Å². The number of nitrogens with two attached hydrogens (primary N) is 1. The van der Waals surface area contributed by atoms with Gasteiger partial charge in [-0.15, -0.1) is 0 Å². The van der Waals surface area contributed by atoms with E-state index >= 15 is 0 Å². The van der Waals surface area contributed by atoms with E-state index in [0.29, 0.717) is 5.92 Å². The summed E-state index contributed by atoms with van der Waals surface area (Å²) in [6.07, 6.45) is 2.49. The molecule has 1 atom stereocenters. The van der Waals surface area contributed by atoms with E-state index in [1.807, 2.05) is 0 Å². The van der Waals surface area contributed by atoms with Crippen molar-refractivity contribution < 1.29 is 0 Å². The van der Waals surface area contributed by atoms with E-state index in [0.717, 1.165) is 25.5 Å². The Balaban J connectivity index is 1.92. The number of hydrogen-bond donors (Lipinski definition) is 1. The Hall–Kier alpha value is -1.13. The van der Waals surface area contributed by atoms with Crippen molar-refractivity contribution in [1.82, 2.24) is 4.37 Å². The van der Waals surface area contributed by atoms with Crippen molar-refractivity contribution in [3.8, 4) is 0 Å². The number of aromatic nitrogens is 1. The van der Waals surface area contributed by atoms with Crippen molar-refractivity contribution in [1.29, 1.82) is 0 Å². The molecule has 1 fully saturated rings. The highest BCUT2D eigenvalue weighted by Gasteiger charge is 2.21. The standard InChI is InChI=1S/C13H17N3S/c14-8-10-4-3-7-16(9-10)13-11-5-1-2-6-12(11)17-15-13/h1-2,5-6,10H,3-4,7-9,14H2/t10-/m1/s1. The molecule has 2 N–H and O–H groups in total. The highest BCUT2D eigenvalue weighted by atomic mass is 32.1. The van der Waals surface area contributed by atoms with Crippen LogP contribution in [0, 0.1) is 5.92 Å². The Morgan fingerprint density at radius 3 is 3.18 bits per heavy atom. The maximum absolute atomic E-state index is 5.79. The smallest absolute Gasteiger partial charge is 0.150 e. The number of anilines is 1. The molecular formula is C13H17N3S. The molecule has 0 unspecified atom stereocenters. The number of hydrogen-bond acceptors (Lipinski definition) is 4. The summed E-state index contributed by atoms with van der Waals surface area (Å²) in [5, 5.41) is 1.29. The maximum Gasteiger partial charge on any atom is 0.150 e. The van der Waals surface area contributed by atoms with Gasteiger partial charge in [0.15, 0.2) is 0 Å². The molecule has 0 radical (unpaired) electrons. The summed E-state index contributed by atoms with van der Waals surface area (Å²) in [7, 11) is 0. The second kappa shape index (κ2) is 4.63. The van der Waals surface area contributed by atoms with Crippen LogP contribution >= 0.6 is 11.5 Å². The lowest BCUT2D eigenvalue weighted by Crippen LogP contribution is -2.38. The molecule has 1 aliphatic rings. The largest absolute Gasteiger partial charge is 0.355 e. The van der Waals surface area contributed by atoms with E-state index in [1.54, 1.807) is 11.5 Å². The molecule has 2 heterocycles. The molecular weight excluding hydrogens is 230 g/mol. The quantitative estimate of drug-likeness (QED) is 0.886. The van der Waals surface area contributed by atoms with Gasteiger partial charge in [-0.25, -0.2) is 0 Å². The van der Waals surface area contributed by atoms with Gasteiger partial charge in [0, 0.05) is 18.5 Å². The highest BCUT2D eigenvalue weighted by molar-refractivity contribution is 7.13. The fourth-order valence-electron chi connectivity index (χ4n) is 2.55. The summed E-state index contributed by atoms with van der Waals surface area (Å²) in [6.45, 7) is 2.97. The lowest BCUT2D eigenvalue weighted by atomic mass is 9.98. The molecule has 0 aliphatic carbocycles. The Morgan fingerprint density at radius 1 is 1.41 bits per heavy atom. The highest BCUT2D eigenvalue weighted by Crippen LogP contribution is 2.31. The summed E-state index contributed by atoms with van der Waals surface area (Å²) in [5.74, 6) is 1.79. The van der Waals surface area contributed by atoms with Crippen LogP contribution < -0.4 is 10.6 Å². The number of benzene rings is 1. The van der Waals surface area contributed by atoms with Crippen LogP contribution in [-0.4, -0.2) is 24.0 Å². The Kier molecular flexibility index (Phi) is 2.99. The summed E-state index contributed by atoms with van der Waals surface area (Å²) in [4.78, 5) is 2.40. The molecule has 1 aliphatic heterocycles. The SMILES string of the molecule is NC[C@H]1CCCN(c2nsc3ccccc23)C1. The van der Waals surface area contributed by atoms with Gasteiger partial charge in [-0.2, -0.15) is 4.37 Å². The molecule has 2 aromatic rings. The lowest BCUT2D eigenvalue weighted by Gasteiger charge is -2.32. The third-order valence-electron chi connectivity index (χ3n) is 3.51. The fourth-order valence-corrected chi connectivity index (χ4v) is 3.35. The number of fused-ring (bicyclic) bond motifs is 1. The maximum atomic E-state index is 5.79. The van der Waals surface area contributed by atoms with Gasteiger partial charge in [0.2, 0.25) is 0 Å². The van der Waals surface area contributed by atoms with Gasteiger partial charge in [-0.05, 0) is 49.0 Å². The molecule has 3 rings (SSSR count). The zero-order chi connectivity index (χ0) is 11.7. The molecule has 3 nitrogen and oxygen atoms in total. The molecule has 90 valence electrons. The first kappa shape index (κ1) is 11.0. The molecule has 0 spiro atoms. The fraction of sp³-hybridized carbons (Fsp3) is 0.462. The summed E-state index contributed by atoms with van der Waals surface area (Å²) >= 11 is 1.59. The third kappa shape index (κ3) is 2.03. The minimum atomic E-state index is 0.629. The third-order valence-corrected chi connectivity index (χ3v) is 4.33. The summed E-state index contributed by atoms with van der Waals surface area (Å²) in [6, 6.07) is 8.47. The van der Waals surface area contributed by atoms with E-state index < -0.39 is 0 Å². The average Bonchev–Trinajstić information content (AvgIpc) is 2.82. The van der Waals surface area contributed by atoms with Gasteiger partial charge < -0.3 is 10.6 Å². The summed E-state index contributed by atoms with van der Waals surface area (Å²) < 4.78 is 5.89. The zero-order valence-electron chi connectivity index (χ0n) is 9.80. The molecule has 0 amide bonds. The molecule has 1 aromatic heterocycles. The van der Waals surface area contributed by atoms with Crippen LogP contribution in [0.3, 0.4) is 0 Å². The van der Waals surface area contributed by atoms with Gasteiger partial charge in [-0.1, -0.05) is 12.1 Å². The van der Waals surface area contributed by atoms with Crippen LogP contribution in [0.1, 0.15) is 12.8 Å². The van der Waals surface area contributed by atoms with Gasteiger partial charge in [0.05, 0.1) is 4.70 Å². The van der Waals surface area contributed by atoms with Gasteiger partial charge >= 0.3 is 0 Å². The van der Waals surface area contributed by atoms with Gasteiger partial charge in [-0.3, -0.25) is 0 Å². The first-order chi connectivity index (χ1) is 8.38. The Morgan fingerprint density at radius 2 is 2.29 bits per heavy atom. The number of piperidine rings is 1. The van der Waals surface area contributed by atoms with E-state index in [1.165, 1.54) is 22.9 Å². The van der Waals surface area contributed by atoms with Crippen molar-refractivity contribution in [2.45, 2.75) is 12.8 Å². The Bertz CT molecular complexity index is 508. The van der Waals surface area contributed by atoms with Crippen molar-refractivity contribution in [3.05, 3.63) is 24.3 Å². The first-order valence-electron chi connectivity index (χ1n) is 6.18. The van der Waals surface area contributed by atoms with Gasteiger partial charge in [0.25, 0.3) is 0 Å². The lowest BCUT2D eigenvalue weighted by molar-refractivity contribution is 0.423. The number of rotatable bonds is 2. The van der Waals surface area contributed by atoms with Crippen molar-refractivity contribution in [2.24, 2.45) is 11.7 Å². The second-order valence-electron chi connectivity index (χ2n) is 4.69. The molecule has 17 heavy (non-hydrogen) atoms. The molecule has 4 heteroatoms. The normalized spacial score (nSPS) is 21.0. The predicted octanol–water partition coefficient (Wildman–Crippen LogP) is 2.47. The average molecular weight is 247 g/mol. The summed E-state index contributed by atoms with van der Waals surface area (Å²) in [5.41, 5.74) is 5.79. The monoisotopic (exact) mass is 247 g/mol. The first-order valence-corrected chi connectivity index (χ1v) is 6.95. The van der Waals surface area contributed by atoms with E-state index in [9.17, 15) is 0 Å². The van der Waals surface area contributed by atoms with Gasteiger partial charge in [0.1, 0.15) is 5.82 Å². The van der Waals surface area contributed by atoms with E-state index in [4.69, 9.17) is 5.73 Å². The number of nitrogens with zero attached hydrogens (tertiary/aromatic N) is 2. The van der Waals surface area contributed by atoms with Crippen LogP contribution in [0.5, 0.6) is 0 Å². The topological polar surface area (TPSA) is 42.1 Å². The van der Waals surface area contributed by atoms with Crippen molar-refractivity contribution >= 4 is 27.4 Å². The predicted molar refractivity (Wildman–Crippen MR) is 73.6 cm³/mol. The van der Waals surface area contributed by atoms with Crippen LogP contribution in [-0.2, 0) is 0 Å². The van der Waals surface area contributed by atoms with Crippen LogP contribution in [0.2, 0.25) is 0 Å². The minimum Gasteiger partial charge on any atom is -0.355 e. The van der Waals surface area contributed by atoms with Crippen LogP contribution in [0.15, 0.2) is 24.3 Å². The van der Waals surface area contributed by atoms with Crippen molar-refractivity contribution in [3.63, 3.8) is 0 Å². The minimum absolute atomic E-state index is 0.629. The zero-order valence-corrected chi connectivity index (χ0v) is 10.6. The van der Waals surface area contributed by atoms with Crippen molar-refractivity contribution in [2.75, 3.05) is 24.5 Å². The molecule has 1 saturated heterocycles. The van der Waals surface area contributed by atoms with Crippen LogP contribution in [0.4, 0.5) is 5.82 Å². The molecule has 1 aromatic carbocycles. The van der Waals surface area contributed by atoms with E-state index in [2.05, 4.69) is 33.5 Å². The van der Waals surface area contributed by atoms with E-state index in [-0.39, 0.29) is 0 Å². The second-order valence-corrected chi connectivity index (χ2v) is 5.50.